The summed E-state index contributed by atoms with van der Waals surface area (Å²) in [5.41, 5.74) is 0. The maximum Gasteiger partial charge on any atom is 0.147 e. The third-order valence-electron chi connectivity index (χ3n) is 2.60. The molecule has 3 heteroatoms. The van der Waals surface area contributed by atoms with Crippen LogP contribution in [-0.2, 0) is 4.79 Å². The van der Waals surface area contributed by atoms with Gasteiger partial charge in [0.2, 0.25) is 0 Å². The van der Waals surface area contributed by atoms with E-state index in [9.17, 15) is 4.79 Å². The summed E-state index contributed by atoms with van der Waals surface area (Å²) in [4.78, 5) is 13.1. The number of carbonyl (C=O) groups is 1. The zero-order valence-corrected chi connectivity index (χ0v) is 7.58. The standard InChI is InChI=1S/C9H14N2O/c1-7-5-9(12)6-11(4-3-10)8(7)2/h7-8H,4-6H2,1-2H3. The van der Waals surface area contributed by atoms with Gasteiger partial charge in [0.1, 0.15) is 5.78 Å². The Morgan fingerprint density at radius 2 is 2.33 bits per heavy atom. The lowest BCUT2D eigenvalue weighted by Crippen LogP contribution is -2.46. The van der Waals surface area contributed by atoms with Crippen molar-refractivity contribution in [1.82, 2.24) is 4.90 Å². The van der Waals surface area contributed by atoms with E-state index in [1.807, 2.05) is 4.90 Å². The molecule has 0 radical (unpaired) electrons. The second-order valence-corrected chi connectivity index (χ2v) is 3.52. The molecule has 1 aliphatic rings. The number of ketones is 1. The zero-order chi connectivity index (χ0) is 9.14. The van der Waals surface area contributed by atoms with E-state index in [1.165, 1.54) is 0 Å². The van der Waals surface area contributed by atoms with Crippen LogP contribution in [0.3, 0.4) is 0 Å². The van der Waals surface area contributed by atoms with Crippen LogP contribution in [0.1, 0.15) is 20.3 Å². The highest BCUT2D eigenvalue weighted by Crippen LogP contribution is 2.19. The van der Waals surface area contributed by atoms with Gasteiger partial charge in [0.05, 0.1) is 19.2 Å². The first kappa shape index (κ1) is 9.21. The fourth-order valence-corrected chi connectivity index (χ4v) is 1.62. The highest BCUT2D eigenvalue weighted by Gasteiger charge is 2.28. The SMILES string of the molecule is CC1CC(=O)CN(CC#N)C1C. The van der Waals surface area contributed by atoms with E-state index in [0.717, 1.165) is 0 Å². The zero-order valence-electron chi connectivity index (χ0n) is 7.58. The van der Waals surface area contributed by atoms with Gasteiger partial charge in [-0.1, -0.05) is 6.92 Å². The van der Waals surface area contributed by atoms with Crippen LogP contribution in [0, 0.1) is 17.2 Å². The minimum atomic E-state index is 0.260. The smallest absolute Gasteiger partial charge is 0.147 e. The van der Waals surface area contributed by atoms with Crippen LogP contribution in [0.25, 0.3) is 0 Å². The van der Waals surface area contributed by atoms with E-state index in [4.69, 9.17) is 5.26 Å². The summed E-state index contributed by atoms with van der Waals surface area (Å²) in [6, 6.07) is 2.45. The van der Waals surface area contributed by atoms with Gasteiger partial charge in [-0.15, -0.1) is 0 Å². The third-order valence-corrected chi connectivity index (χ3v) is 2.60. The lowest BCUT2D eigenvalue weighted by molar-refractivity contribution is -0.125. The summed E-state index contributed by atoms with van der Waals surface area (Å²) in [6.07, 6.45) is 0.670. The van der Waals surface area contributed by atoms with Crippen molar-refractivity contribution >= 4 is 5.78 Å². The first-order valence-corrected chi connectivity index (χ1v) is 4.28. The second kappa shape index (κ2) is 3.68. The minimum absolute atomic E-state index is 0.260. The van der Waals surface area contributed by atoms with Gasteiger partial charge in [0.25, 0.3) is 0 Å². The number of likely N-dealkylation sites (tertiary alicyclic amines) is 1. The second-order valence-electron chi connectivity index (χ2n) is 3.52. The number of nitrogens with zero attached hydrogens (tertiary/aromatic N) is 2. The minimum Gasteiger partial charge on any atom is -0.298 e. The lowest BCUT2D eigenvalue weighted by atomic mass is 9.91. The van der Waals surface area contributed by atoms with Gasteiger partial charge < -0.3 is 0 Å². The molecule has 0 aromatic rings. The molecule has 3 nitrogen and oxygen atoms in total. The molecule has 1 fully saturated rings. The monoisotopic (exact) mass is 166 g/mol. The number of piperidine rings is 1. The van der Waals surface area contributed by atoms with E-state index in [0.29, 0.717) is 31.5 Å². The van der Waals surface area contributed by atoms with Crippen LogP contribution in [0.2, 0.25) is 0 Å². The number of hydrogen-bond acceptors (Lipinski definition) is 3. The van der Waals surface area contributed by atoms with Crippen LogP contribution in [-0.4, -0.2) is 29.8 Å². The number of Topliss-reactive ketones (excluding diaryl/α,β-unsaturated/α-hetero) is 1. The number of hydrogen-bond donors (Lipinski definition) is 0. The lowest BCUT2D eigenvalue weighted by Gasteiger charge is -2.35. The van der Waals surface area contributed by atoms with Crippen molar-refractivity contribution in [3.05, 3.63) is 0 Å². The molecule has 1 rings (SSSR count). The summed E-state index contributed by atoms with van der Waals surface area (Å²) < 4.78 is 0. The summed E-state index contributed by atoms with van der Waals surface area (Å²) in [6.45, 7) is 4.97. The largest absolute Gasteiger partial charge is 0.298 e. The topological polar surface area (TPSA) is 44.1 Å². The van der Waals surface area contributed by atoms with Crippen molar-refractivity contribution < 1.29 is 4.79 Å². The molecule has 0 aromatic heterocycles. The first-order chi connectivity index (χ1) is 5.65. The van der Waals surface area contributed by atoms with E-state index >= 15 is 0 Å². The molecule has 0 aliphatic carbocycles. The predicted molar refractivity (Wildman–Crippen MR) is 45.4 cm³/mol. The van der Waals surface area contributed by atoms with Crippen molar-refractivity contribution in [2.24, 2.45) is 5.92 Å². The van der Waals surface area contributed by atoms with Crippen LogP contribution < -0.4 is 0 Å². The average molecular weight is 166 g/mol. The summed E-state index contributed by atoms with van der Waals surface area (Å²) in [5.74, 6) is 0.649. The maximum atomic E-state index is 11.2. The van der Waals surface area contributed by atoms with Gasteiger partial charge >= 0.3 is 0 Å². The summed E-state index contributed by atoms with van der Waals surface area (Å²) in [7, 11) is 0. The Morgan fingerprint density at radius 1 is 1.67 bits per heavy atom. The highest BCUT2D eigenvalue weighted by molar-refractivity contribution is 5.81. The maximum absolute atomic E-state index is 11.2. The Morgan fingerprint density at radius 3 is 2.92 bits per heavy atom. The third kappa shape index (κ3) is 1.83. The van der Waals surface area contributed by atoms with Gasteiger partial charge in [-0.2, -0.15) is 5.26 Å². The number of nitriles is 1. The van der Waals surface area contributed by atoms with Crippen LogP contribution >= 0.6 is 0 Å². The van der Waals surface area contributed by atoms with E-state index in [-0.39, 0.29) is 5.78 Å². The molecule has 2 unspecified atom stereocenters. The summed E-state index contributed by atoms with van der Waals surface area (Å²) >= 11 is 0. The highest BCUT2D eigenvalue weighted by atomic mass is 16.1. The molecular formula is C9H14N2O. The molecule has 0 spiro atoms. The van der Waals surface area contributed by atoms with E-state index in [1.54, 1.807) is 0 Å². The molecule has 0 aromatic carbocycles. The molecule has 0 N–H and O–H groups in total. The fourth-order valence-electron chi connectivity index (χ4n) is 1.62. The van der Waals surface area contributed by atoms with E-state index < -0.39 is 0 Å². The molecule has 0 bridgehead atoms. The van der Waals surface area contributed by atoms with Gasteiger partial charge in [0.15, 0.2) is 0 Å². The molecule has 1 saturated heterocycles. The van der Waals surface area contributed by atoms with Gasteiger partial charge in [-0.05, 0) is 12.8 Å². The molecule has 66 valence electrons. The molecule has 0 saturated carbocycles. The van der Waals surface area contributed by atoms with Crippen LogP contribution in [0.5, 0.6) is 0 Å². The quantitative estimate of drug-likeness (QED) is 0.541. The van der Waals surface area contributed by atoms with Crippen molar-refractivity contribution in [3.63, 3.8) is 0 Å². The van der Waals surface area contributed by atoms with Gasteiger partial charge in [-0.3, -0.25) is 9.69 Å². The Labute approximate surface area is 73.0 Å². The van der Waals surface area contributed by atoms with Crippen molar-refractivity contribution in [3.8, 4) is 6.07 Å². The Bertz CT molecular complexity index is 219. The van der Waals surface area contributed by atoms with Crippen molar-refractivity contribution in [1.29, 1.82) is 5.26 Å². The van der Waals surface area contributed by atoms with Gasteiger partial charge in [0, 0.05) is 12.5 Å². The number of rotatable bonds is 1. The van der Waals surface area contributed by atoms with Gasteiger partial charge in [-0.25, -0.2) is 0 Å². The molecular weight excluding hydrogens is 152 g/mol. The molecule has 1 aliphatic heterocycles. The normalized spacial score (nSPS) is 31.6. The molecule has 12 heavy (non-hydrogen) atoms. The Kier molecular flexibility index (Phi) is 2.83. The van der Waals surface area contributed by atoms with Crippen LogP contribution in [0.15, 0.2) is 0 Å². The van der Waals surface area contributed by atoms with Crippen molar-refractivity contribution in [2.45, 2.75) is 26.3 Å². The Hall–Kier alpha value is -0.880. The van der Waals surface area contributed by atoms with Crippen LogP contribution in [0.4, 0.5) is 0 Å². The van der Waals surface area contributed by atoms with E-state index in [2.05, 4.69) is 19.9 Å². The average Bonchev–Trinajstić information content (AvgIpc) is 2.00. The Balaban J connectivity index is 2.61. The molecule has 1 heterocycles. The summed E-state index contributed by atoms with van der Waals surface area (Å²) in [5, 5.41) is 8.51. The van der Waals surface area contributed by atoms with Crippen molar-refractivity contribution in [2.75, 3.05) is 13.1 Å². The predicted octanol–water partition coefficient (Wildman–Crippen LogP) is 0.809. The first-order valence-electron chi connectivity index (χ1n) is 4.28. The molecule has 2 atom stereocenters. The molecule has 0 amide bonds. The number of carbonyl (C=O) groups excluding carboxylic acids is 1. The fraction of sp³-hybridized carbons (Fsp3) is 0.778.